The van der Waals surface area contributed by atoms with Gasteiger partial charge < -0.3 is 9.84 Å². The van der Waals surface area contributed by atoms with Crippen LogP contribution in [0.4, 0.5) is 0 Å². The summed E-state index contributed by atoms with van der Waals surface area (Å²) in [5.41, 5.74) is 1.17. The highest BCUT2D eigenvalue weighted by atomic mass is 79.9. The van der Waals surface area contributed by atoms with Gasteiger partial charge in [0.05, 0.1) is 4.47 Å². The van der Waals surface area contributed by atoms with Gasteiger partial charge in [-0.15, -0.1) is 0 Å². The summed E-state index contributed by atoms with van der Waals surface area (Å²) >= 11 is 7.22. The Morgan fingerprint density at radius 3 is 2.70 bits per heavy atom. The number of benzene rings is 1. The number of alkyl halides is 1. The SMILES string of the molecule is CC12CCC(Br)C(C)(C)C1Cc1cc(O)c(Br)cc1O2. The zero-order valence-electron chi connectivity index (χ0n) is 12.0. The Morgan fingerprint density at radius 1 is 1.30 bits per heavy atom. The fourth-order valence-corrected chi connectivity index (χ4v) is 4.75. The molecule has 0 amide bonds. The van der Waals surface area contributed by atoms with Crippen LogP contribution in [0.1, 0.15) is 39.2 Å². The summed E-state index contributed by atoms with van der Waals surface area (Å²) in [5.74, 6) is 1.65. The van der Waals surface area contributed by atoms with Crippen LogP contribution in [-0.4, -0.2) is 15.5 Å². The van der Waals surface area contributed by atoms with Crippen LogP contribution in [0.3, 0.4) is 0 Å². The third-order valence-corrected chi connectivity index (χ3v) is 7.51. The summed E-state index contributed by atoms with van der Waals surface area (Å²) in [6.45, 7) is 6.88. The number of rotatable bonds is 0. The second-order valence-electron chi connectivity index (χ2n) is 6.91. The quantitative estimate of drug-likeness (QED) is 0.614. The Hall–Kier alpha value is -0.220. The molecular weight excluding hydrogens is 384 g/mol. The maximum atomic E-state index is 9.91. The van der Waals surface area contributed by atoms with Crippen LogP contribution in [0.2, 0.25) is 0 Å². The lowest BCUT2D eigenvalue weighted by Crippen LogP contribution is -2.57. The van der Waals surface area contributed by atoms with Crippen molar-refractivity contribution in [1.82, 2.24) is 0 Å². The van der Waals surface area contributed by atoms with Gasteiger partial charge in [-0.3, -0.25) is 0 Å². The summed E-state index contributed by atoms with van der Waals surface area (Å²) in [6, 6.07) is 3.74. The van der Waals surface area contributed by atoms with Gasteiger partial charge in [0.2, 0.25) is 0 Å². The van der Waals surface area contributed by atoms with E-state index < -0.39 is 0 Å². The van der Waals surface area contributed by atoms with E-state index >= 15 is 0 Å². The molecule has 0 saturated heterocycles. The lowest BCUT2D eigenvalue weighted by molar-refractivity contribution is -0.0773. The van der Waals surface area contributed by atoms with Crippen LogP contribution in [0.5, 0.6) is 11.5 Å². The molecule has 110 valence electrons. The fourth-order valence-electron chi connectivity index (χ4n) is 3.88. The smallest absolute Gasteiger partial charge is 0.130 e. The van der Waals surface area contributed by atoms with E-state index in [2.05, 4.69) is 52.6 Å². The third-order valence-electron chi connectivity index (χ3n) is 5.23. The molecule has 1 fully saturated rings. The van der Waals surface area contributed by atoms with Crippen molar-refractivity contribution in [3.63, 3.8) is 0 Å². The van der Waals surface area contributed by atoms with E-state index in [0.29, 0.717) is 21.0 Å². The second-order valence-corrected chi connectivity index (χ2v) is 8.87. The number of ether oxygens (including phenoxy) is 1. The van der Waals surface area contributed by atoms with Gasteiger partial charge in [0, 0.05) is 10.7 Å². The average molecular weight is 404 g/mol. The van der Waals surface area contributed by atoms with Gasteiger partial charge in [-0.1, -0.05) is 29.8 Å². The normalized spacial score (nSPS) is 34.9. The first-order valence-electron chi connectivity index (χ1n) is 7.08. The minimum atomic E-state index is -0.114. The molecule has 1 aliphatic heterocycles. The summed E-state index contributed by atoms with van der Waals surface area (Å²) in [5, 5.41) is 9.91. The Labute approximate surface area is 137 Å². The number of hydrogen-bond donors (Lipinski definition) is 1. The fraction of sp³-hybridized carbons (Fsp3) is 0.625. The number of aromatic hydroxyl groups is 1. The number of phenolic OH excluding ortho intramolecular Hbond substituents is 1. The molecule has 2 aliphatic rings. The molecule has 1 aromatic carbocycles. The van der Waals surface area contributed by atoms with Crippen LogP contribution in [0.25, 0.3) is 0 Å². The molecule has 1 N–H and O–H groups in total. The van der Waals surface area contributed by atoms with Gasteiger partial charge in [-0.2, -0.15) is 0 Å². The highest BCUT2D eigenvalue weighted by Crippen LogP contribution is 2.55. The Balaban J connectivity index is 2.06. The molecule has 1 aliphatic carbocycles. The first kappa shape index (κ1) is 14.7. The molecule has 1 aromatic rings. The molecule has 2 nitrogen and oxygen atoms in total. The van der Waals surface area contributed by atoms with Gasteiger partial charge in [0.15, 0.2) is 0 Å². The van der Waals surface area contributed by atoms with E-state index in [1.54, 1.807) is 0 Å². The first-order chi connectivity index (χ1) is 9.24. The van der Waals surface area contributed by atoms with E-state index in [1.807, 2.05) is 12.1 Å². The maximum Gasteiger partial charge on any atom is 0.130 e. The molecule has 4 heteroatoms. The maximum absolute atomic E-state index is 9.91. The van der Waals surface area contributed by atoms with Crippen LogP contribution < -0.4 is 4.74 Å². The van der Waals surface area contributed by atoms with Crippen molar-refractivity contribution in [2.45, 2.75) is 50.5 Å². The van der Waals surface area contributed by atoms with Crippen LogP contribution in [0, 0.1) is 11.3 Å². The predicted molar refractivity (Wildman–Crippen MR) is 87.8 cm³/mol. The Bertz CT molecular complexity index is 556. The molecule has 0 bridgehead atoms. The second kappa shape index (κ2) is 4.64. The Kier molecular flexibility index (Phi) is 3.41. The van der Waals surface area contributed by atoms with Crippen LogP contribution in [-0.2, 0) is 6.42 Å². The zero-order valence-corrected chi connectivity index (χ0v) is 15.2. The molecule has 3 rings (SSSR count). The lowest BCUT2D eigenvalue weighted by atomic mass is 9.59. The third kappa shape index (κ3) is 2.10. The van der Waals surface area contributed by atoms with Crippen molar-refractivity contribution in [1.29, 1.82) is 0 Å². The molecule has 1 heterocycles. The Morgan fingerprint density at radius 2 is 2.00 bits per heavy atom. The standard InChI is InChI=1S/C16H20Br2O2/c1-15(2)13-7-9-6-11(19)10(17)8-12(9)20-16(13,3)5-4-14(15)18/h6,8,13-14,19H,4-5,7H2,1-3H3. The average Bonchev–Trinajstić information content (AvgIpc) is 2.36. The highest BCUT2D eigenvalue weighted by molar-refractivity contribution is 9.10. The largest absolute Gasteiger partial charge is 0.507 e. The predicted octanol–water partition coefficient (Wildman–Crippen LogP) is 5.05. The van der Waals surface area contributed by atoms with Gasteiger partial charge in [-0.05, 0) is 65.2 Å². The number of phenols is 1. The van der Waals surface area contributed by atoms with E-state index in [0.717, 1.165) is 30.6 Å². The van der Waals surface area contributed by atoms with Crippen molar-refractivity contribution in [3.05, 3.63) is 22.2 Å². The first-order valence-corrected chi connectivity index (χ1v) is 8.79. The van der Waals surface area contributed by atoms with Crippen molar-refractivity contribution < 1.29 is 9.84 Å². The van der Waals surface area contributed by atoms with Crippen molar-refractivity contribution in [2.24, 2.45) is 11.3 Å². The molecule has 1 saturated carbocycles. The molecule has 0 radical (unpaired) electrons. The highest BCUT2D eigenvalue weighted by Gasteiger charge is 2.54. The van der Waals surface area contributed by atoms with Crippen LogP contribution >= 0.6 is 31.9 Å². The lowest BCUT2D eigenvalue weighted by Gasteiger charge is -2.55. The van der Waals surface area contributed by atoms with E-state index in [4.69, 9.17) is 4.74 Å². The van der Waals surface area contributed by atoms with Crippen molar-refractivity contribution in [3.8, 4) is 11.5 Å². The van der Waals surface area contributed by atoms with Crippen molar-refractivity contribution >= 4 is 31.9 Å². The molecule has 20 heavy (non-hydrogen) atoms. The van der Waals surface area contributed by atoms with Gasteiger partial charge in [0.1, 0.15) is 17.1 Å². The van der Waals surface area contributed by atoms with Gasteiger partial charge in [-0.25, -0.2) is 0 Å². The molecule has 3 unspecified atom stereocenters. The zero-order chi connectivity index (χ0) is 14.7. The summed E-state index contributed by atoms with van der Waals surface area (Å²) in [4.78, 5) is 0.516. The number of fused-ring (bicyclic) bond motifs is 2. The number of hydrogen-bond acceptors (Lipinski definition) is 2. The van der Waals surface area contributed by atoms with Gasteiger partial charge in [0.25, 0.3) is 0 Å². The molecular formula is C16H20Br2O2. The van der Waals surface area contributed by atoms with Crippen LogP contribution in [0.15, 0.2) is 16.6 Å². The summed E-state index contributed by atoms with van der Waals surface area (Å²) in [6.07, 6.45) is 3.16. The van der Waals surface area contributed by atoms with E-state index in [1.165, 1.54) is 0 Å². The molecule has 3 atom stereocenters. The van der Waals surface area contributed by atoms with Crippen molar-refractivity contribution in [2.75, 3.05) is 0 Å². The number of halogens is 2. The monoisotopic (exact) mass is 402 g/mol. The van der Waals surface area contributed by atoms with E-state index in [9.17, 15) is 5.11 Å². The minimum absolute atomic E-state index is 0.114. The van der Waals surface area contributed by atoms with Gasteiger partial charge >= 0.3 is 0 Å². The molecule has 0 spiro atoms. The topological polar surface area (TPSA) is 29.5 Å². The molecule has 0 aromatic heterocycles. The minimum Gasteiger partial charge on any atom is -0.507 e. The summed E-state index contributed by atoms with van der Waals surface area (Å²) < 4.78 is 7.08. The van der Waals surface area contributed by atoms with E-state index in [-0.39, 0.29) is 11.0 Å². The summed E-state index contributed by atoms with van der Waals surface area (Å²) in [7, 11) is 0.